The fourth-order valence-corrected chi connectivity index (χ4v) is 2.76. The Bertz CT molecular complexity index is 377. The van der Waals surface area contributed by atoms with Crippen molar-refractivity contribution in [2.24, 2.45) is 0 Å². The second-order valence-corrected chi connectivity index (χ2v) is 5.86. The van der Waals surface area contributed by atoms with Crippen LogP contribution in [-0.4, -0.2) is 13.2 Å². The smallest absolute Gasteiger partial charge is 0.192 e. The molecule has 2 heteroatoms. The normalized spacial score (nSPS) is 17.5. The molecule has 1 fully saturated rings. The van der Waals surface area contributed by atoms with Crippen molar-refractivity contribution in [2.45, 2.75) is 64.6 Å². The van der Waals surface area contributed by atoms with Crippen LogP contribution in [0.5, 0.6) is 0 Å². The third-order valence-corrected chi connectivity index (χ3v) is 4.14. The van der Waals surface area contributed by atoms with E-state index in [1.165, 1.54) is 50.5 Å². The van der Waals surface area contributed by atoms with Gasteiger partial charge in [-0.1, -0.05) is 63.3 Å². The standard InChI is InChI=1S/C18H28O2/c1-3-4-5-6-7-8-9-16-10-12-17(13-11-16)18(2)19-14-15-20-18/h10-13H,3-9,14-15H2,1-2H3. The molecule has 0 aliphatic carbocycles. The molecular formula is C18H28O2. The lowest BCUT2D eigenvalue weighted by Crippen LogP contribution is -2.22. The summed E-state index contributed by atoms with van der Waals surface area (Å²) in [6.45, 7) is 5.65. The number of rotatable bonds is 8. The fourth-order valence-electron chi connectivity index (χ4n) is 2.76. The Labute approximate surface area is 123 Å². The molecule has 1 heterocycles. The molecule has 1 aliphatic heterocycles. The SMILES string of the molecule is CCCCCCCCc1ccc(C2(C)OCCO2)cc1. The molecule has 0 aromatic heterocycles. The molecule has 1 aromatic rings. The van der Waals surface area contributed by atoms with E-state index in [1.807, 2.05) is 6.92 Å². The molecule has 112 valence electrons. The van der Waals surface area contributed by atoms with E-state index in [2.05, 4.69) is 31.2 Å². The molecule has 0 unspecified atom stereocenters. The average Bonchev–Trinajstić information content (AvgIpc) is 2.91. The molecule has 0 atom stereocenters. The lowest BCUT2D eigenvalue weighted by molar-refractivity contribution is -0.149. The summed E-state index contributed by atoms with van der Waals surface area (Å²) in [7, 11) is 0. The van der Waals surface area contributed by atoms with Crippen LogP contribution in [0.2, 0.25) is 0 Å². The Morgan fingerprint density at radius 2 is 1.50 bits per heavy atom. The fraction of sp³-hybridized carbons (Fsp3) is 0.667. The maximum Gasteiger partial charge on any atom is 0.192 e. The van der Waals surface area contributed by atoms with E-state index in [0.717, 1.165) is 5.56 Å². The van der Waals surface area contributed by atoms with Gasteiger partial charge in [0.15, 0.2) is 5.79 Å². The number of ether oxygens (including phenoxy) is 2. The molecule has 0 N–H and O–H groups in total. The van der Waals surface area contributed by atoms with Crippen molar-refractivity contribution in [2.75, 3.05) is 13.2 Å². The molecule has 0 bridgehead atoms. The van der Waals surface area contributed by atoms with Crippen LogP contribution in [0.3, 0.4) is 0 Å². The molecule has 1 aromatic carbocycles. The molecule has 2 rings (SSSR count). The van der Waals surface area contributed by atoms with Crippen molar-refractivity contribution in [3.8, 4) is 0 Å². The molecule has 0 radical (unpaired) electrons. The van der Waals surface area contributed by atoms with E-state index in [4.69, 9.17) is 9.47 Å². The van der Waals surface area contributed by atoms with E-state index in [1.54, 1.807) is 0 Å². The number of aryl methyl sites for hydroxylation is 1. The molecule has 0 spiro atoms. The van der Waals surface area contributed by atoms with Crippen molar-refractivity contribution in [1.29, 1.82) is 0 Å². The minimum atomic E-state index is -0.529. The Balaban J connectivity index is 1.74. The summed E-state index contributed by atoms with van der Waals surface area (Å²) in [5.74, 6) is -0.529. The zero-order chi connectivity index (χ0) is 14.3. The van der Waals surface area contributed by atoms with Crippen LogP contribution in [0.4, 0.5) is 0 Å². The summed E-state index contributed by atoms with van der Waals surface area (Å²) in [6.07, 6.45) is 9.32. The summed E-state index contributed by atoms with van der Waals surface area (Å²) in [4.78, 5) is 0. The maximum atomic E-state index is 5.68. The van der Waals surface area contributed by atoms with Crippen LogP contribution < -0.4 is 0 Å². The van der Waals surface area contributed by atoms with Crippen LogP contribution in [0.1, 0.15) is 63.5 Å². The molecular weight excluding hydrogens is 248 g/mol. The summed E-state index contributed by atoms with van der Waals surface area (Å²) < 4.78 is 11.4. The van der Waals surface area contributed by atoms with Crippen LogP contribution in [0, 0.1) is 0 Å². The Morgan fingerprint density at radius 3 is 2.15 bits per heavy atom. The lowest BCUT2D eigenvalue weighted by atomic mass is 10.0. The van der Waals surface area contributed by atoms with Crippen LogP contribution >= 0.6 is 0 Å². The highest BCUT2D eigenvalue weighted by Crippen LogP contribution is 2.30. The van der Waals surface area contributed by atoms with E-state index in [-0.39, 0.29) is 0 Å². The quantitative estimate of drug-likeness (QED) is 0.634. The van der Waals surface area contributed by atoms with Gasteiger partial charge in [0.2, 0.25) is 0 Å². The van der Waals surface area contributed by atoms with Crippen molar-refractivity contribution in [3.05, 3.63) is 35.4 Å². The van der Waals surface area contributed by atoms with E-state index in [9.17, 15) is 0 Å². The predicted octanol–water partition coefficient (Wildman–Crippen LogP) is 4.81. The highest BCUT2D eigenvalue weighted by atomic mass is 16.7. The van der Waals surface area contributed by atoms with Crippen molar-refractivity contribution >= 4 is 0 Å². The summed E-state index contributed by atoms with van der Waals surface area (Å²) in [5.41, 5.74) is 2.55. The Hall–Kier alpha value is -0.860. The number of hydrogen-bond acceptors (Lipinski definition) is 2. The maximum absolute atomic E-state index is 5.68. The second kappa shape index (κ2) is 7.80. The number of hydrogen-bond donors (Lipinski definition) is 0. The van der Waals surface area contributed by atoms with Gasteiger partial charge in [-0.2, -0.15) is 0 Å². The van der Waals surface area contributed by atoms with E-state index < -0.39 is 5.79 Å². The van der Waals surface area contributed by atoms with Gasteiger partial charge in [-0.15, -0.1) is 0 Å². The van der Waals surface area contributed by atoms with Gasteiger partial charge in [-0.25, -0.2) is 0 Å². The minimum absolute atomic E-state index is 0.529. The highest BCUT2D eigenvalue weighted by molar-refractivity contribution is 5.26. The van der Waals surface area contributed by atoms with Gasteiger partial charge in [-0.3, -0.25) is 0 Å². The summed E-state index contributed by atoms with van der Waals surface area (Å²) in [5, 5.41) is 0. The molecule has 20 heavy (non-hydrogen) atoms. The van der Waals surface area contributed by atoms with Crippen LogP contribution in [-0.2, 0) is 21.7 Å². The van der Waals surface area contributed by atoms with Crippen molar-refractivity contribution in [1.82, 2.24) is 0 Å². The third-order valence-electron chi connectivity index (χ3n) is 4.14. The Kier molecular flexibility index (Phi) is 6.06. The minimum Gasteiger partial charge on any atom is -0.344 e. The van der Waals surface area contributed by atoms with Gasteiger partial charge in [0, 0.05) is 5.56 Å². The highest BCUT2D eigenvalue weighted by Gasteiger charge is 2.32. The molecule has 1 aliphatic rings. The predicted molar refractivity (Wildman–Crippen MR) is 82.8 cm³/mol. The second-order valence-electron chi connectivity index (χ2n) is 5.86. The Morgan fingerprint density at radius 1 is 0.900 bits per heavy atom. The topological polar surface area (TPSA) is 18.5 Å². The molecule has 1 saturated heterocycles. The summed E-state index contributed by atoms with van der Waals surface area (Å²) >= 11 is 0. The van der Waals surface area contributed by atoms with Gasteiger partial charge in [0.1, 0.15) is 0 Å². The monoisotopic (exact) mass is 276 g/mol. The first-order chi connectivity index (χ1) is 9.74. The largest absolute Gasteiger partial charge is 0.344 e. The van der Waals surface area contributed by atoms with Gasteiger partial charge < -0.3 is 9.47 Å². The van der Waals surface area contributed by atoms with Crippen LogP contribution in [0.15, 0.2) is 24.3 Å². The first-order valence-corrected chi connectivity index (χ1v) is 8.12. The average molecular weight is 276 g/mol. The van der Waals surface area contributed by atoms with E-state index >= 15 is 0 Å². The lowest BCUT2D eigenvalue weighted by Gasteiger charge is -2.22. The van der Waals surface area contributed by atoms with Gasteiger partial charge in [0.25, 0.3) is 0 Å². The first kappa shape index (κ1) is 15.5. The van der Waals surface area contributed by atoms with Crippen LogP contribution in [0.25, 0.3) is 0 Å². The van der Waals surface area contributed by atoms with E-state index in [0.29, 0.717) is 13.2 Å². The first-order valence-electron chi connectivity index (χ1n) is 8.12. The molecule has 2 nitrogen and oxygen atoms in total. The zero-order valence-electron chi connectivity index (χ0n) is 13.0. The summed E-state index contributed by atoms with van der Waals surface area (Å²) in [6, 6.07) is 8.74. The zero-order valence-corrected chi connectivity index (χ0v) is 13.0. The van der Waals surface area contributed by atoms with Gasteiger partial charge >= 0.3 is 0 Å². The number of unbranched alkanes of at least 4 members (excludes halogenated alkanes) is 5. The molecule has 0 saturated carbocycles. The van der Waals surface area contributed by atoms with Gasteiger partial charge in [0.05, 0.1) is 13.2 Å². The molecule has 0 amide bonds. The number of benzene rings is 1. The third kappa shape index (κ3) is 4.32. The van der Waals surface area contributed by atoms with Crippen molar-refractivity contribution in [3.63, 3.8) is 0 Å². The van der Waals surface area contributed by atoms with Gasteiger partial charge in [-0.05, 0) is 25.3 Å². The van der Waals surface area contributed by atoms with Crippen molar-refractivity contribution < 1.29 is 9.47 Å².